The first-order valence-corrected chi connectivity index (χ1v) is 9.77. The van der Waals surface area contributed by atoms with E-state index in [0.29, 0.717) is 34.6 Å². The smallest absolute Gasteiger partial charge is 0.191 e. The van der Waals surface area contributed by atoms with Gasteiger partial charge in [0.1, 0.15) is 17.4 Å². The molecule has 0 aliphatic heterocycles. The van der Waals surface area contributed by atoms with E-state index in [1.165, 1.54) is 36.0 Å². The molecular formula is C19H18ClF2N3OS. The molecule has 8 heteroatoms. The third-order valence-corrected chi connectivity index (χ3v) is 5.25. The lowest BCUT2D eigenvalue weighted by Gasteiger charge is -2.16. The van der Waals surface area contributed by atoms with Gasteiger partial charge >= 0.3 is 0 Å². The number of thioether (sulfide) groups is 1. The van der Waals surface area contributed by atoms with Crippen LogP contribution >= 0.6 is 23.4 Å². The second-order valence-electron chi connectivity index (χ2n) is 5.80. The van der Waals surface area contributed by atoms with E-state index in [1.54, 1.807) is 18.2 Å². The van der Waals surface area contributed by atoms with Crippen molar-refractivity contribution in [3.8, 4) is 5.75 Å². The second kappa shape index (κ2) is 8.71. The third-order valence-electron chi connectivity index (χ3n) is 3.94. The summed E-state index contributed by atoms with van der Waals surface area (Å²) in [5.41, 5.74) is 0.608. The largest absolute Gasteiger partial charge is 0.481 e. The maximum Gasteiger partial charge on any atom is 0.191 e. The highest BCUT2D eigenvalue weighted by molar-refractivity contribution is 7.98. The van der Waals surface area contributed by atoms with Crippen LogP contribution in [0.4, 0.5) is 8.78 Å². The summed E-state index contributed by atoms with van der Waals surface area (Å²) in [6, 6.07) is 10.6. The zero-order valence-electron chi connectivity index (χ0n) is 14.8. The minimum Gasteiger partial charge on any atom is -0.481 e. The third kappa shape index (κ3) is 4.59. The summed E-state index contributed by atoms with van der Waals surface area (Å²) in [6.45, 7) is 4.42. The molecule has 3 aromatic rings. The lowest BCUT2D eigenvalue weighted by atomic mass is 10.2. The van der Waals surface area contributed by atoms with Crippen molar-refractivity contribution in [1.29, 1.82) is 0 Å². The zero-order chi connectivity index (χ0) is 19.4. The van der Waals surface area contributed by atoms with Gasteiger partial charge in [-0.25, -0.2) is 8.78 Å². The Balaban J connectivity index is 1.75. The molecule has 0 radical (unpaired) electrons. The van der Waals surface area contributed by atoms with Crippen molar-refractivity contribution in [2.75, 3.05) is 0 Å². The summed E-state index contributed by atoms with van der Waals surface area (Å²) >= 11 is 7.43. The van der Waals surface area contributed by atoms with Gasteiger partial charge in [0.2, 0.25) is 0 Å². The number of aromatic nitrogens is 3. The summed E-state index contributed by atoms with van der Waals surface area (Å²) in [5.74, 6) is 0.772. The Labute approximate surface area is 165 Å². The van der Waals surface area contributed by atoms with Crippen LogP contribution in [0.5, 0.6) is 5.75 Å². The van der Waals surface area contributed by atoms with Gasteiger partial charge in [-0.1, -0.05) is 41.6 Å². The topological polar surface area (TPSA) is 39.9 Å². The van der Waals surface area contributed by atoms with Crippen LogP contribution in [0.2, 0.25) is 5.02 Å². The van der Waals surface area contributed by atoms with Gasteiger partial charge in [0.25, 0.3) is 0 Å². The first-order chi connectivity index (χ1) is 13.0. The second-order valence-corrected chi connectivity index (χ2v) is 7.15. The van der Waals surface area contributed by atoms with Crippen LogP contribution < -0.4 is 4.74 Å². The summed E-state index contributed by atoms with van der Waals surface area (Å²) < 4.78 is 34.7. The Morgan fingerprint density at radius 3 is 2.67 bits per heavy atom. The predicted molar refractivity (Wildman–Crippen MR) is 102 cm³/mol. The van der Waals surface area contributed by atoms with Gasteiger partial charge in [0.15, 0.2) is 17.1 Å². The van der Waals surface area contributed by atoms with Crippen LogP contribution in [0, 0.1) is 11.6 Å². The van der Waals surface area contributed by atoms with Crippen molar-refractivity contribution < 1.29 is 13.5 Å². The average Bonchev–Trinajstić information content (AvgIpc) is 3.06. The Morgan fingerprint density at radius 1 is 1.19 bits per heavy atom. The number of hydrogen-bond donors (Lipinski definition) is 0. The quantitative estimate of drug-likeness (QED) is 0.472. The van der Waals surface area contributed by atoms with Crippen molar-refractivity contribution in [3.63, 3.8) is 0 Å². The van der Waals surface area contributed by atoms with Crippen molar-refractivity contribution in [1.82, 2.24) is 14.8 Å². The van der Waals surface area contributed by atoms with Gasteiger partial charge in [-0.05, 0) is 43.7 Å². The molecule has 0 N–H and O–H groups in total. The van der Waals surface area contributed by atoms with E-state index >= 15 is 0 Å². The Bertz CT molecular complexity index is 935. The molecule has 0 amide bonds. The highest BCUT2D eigenvalue weighted by atomic mass is 35.5. The minimum absolute atomic E-state index is 0.193. The zero-order valence-corrected chi connectivity index (χ0v) is 16.4. The van der Waals surface area contributed by atoms with Crippen molar-refractivity contribution >= 4 is 23.4 Å². The van der Waals surface area contributed by atoms with Crippen LogP contribution in [-0.4, -0.2) is 14.8 Å². The molecule has 0 saturated carbocycles. The number of hydrogen-bond acceptors (Lipinski definition) is 4. The number of benzene rings is 2. The van der Waals surface area contributed by atoms with Gasteiger partial charge in [0, 0.05) is 12.3 Å². The van der Waals surface area contributed by atoms with Crippen LogP contribution in [0.1, 0.15) is 31.3 Å². The Kier molecular flexibility index (Phi) is 6.34. The number of halogens is 3. The van der Waals surface area contributed by atoms with Gasteiger partial charge in [-0.15, -0.1) is 10.2 Å². The maximum absolute atomic E-state index is 13.8. The number of ether oxygens (including phenoxy) is 1. The first kappa shape index (κ1) is 19.6. The fourth-order valence-electron chi connectivity index (χ4n) is 2.58. The van der Waals surface area contributed by atoms with Crippen LogP contribution in [0.3, 0.4) is 0 Å². The molecule has 0 bridgehead atoms. The van der Waals surface area contributed by atoms with Gasteiger partial charge in [-0.2, -0.15) is 0 Å². The van der Waals surface area contributed by atoms with Crippen LogP contribution in [0.25, 0.3) is 0 Å². The fourth-order valence-corrected chi connectivity index (χ4v) is 3.78. The van der Waals surface area contributed by atoms with E-state index in [0.717, 1.165) is 0 Å². The summed E-state index contributed by atoms with van der Waals surface area (Å²) in [4.78, 5) is 0. The lowest BCUT2D eigenvalue weighted by molar-refractivity contribution is 0.210. The van der Waals surface area contributed by atoms with E-state index in [2.05, 4.69) is 10.2 Å². The standard InChI is InChI=1S/C19H18ClF2N3OS/c1-3-25-18(12(2)26-17-9-8-14(21)10-15(17)20)23-24-19(25)27-11-13-6-4-5-7-16(13)22/h4-10,12H,3,11H2,1-2H3. The molecule has 2 aromatic carbocycles. The summed E-state index contributed by atoms with van der Waals surface area (Å²) in [5, 5.41) is 9.30. The molecule has 142 valence electrons. The van der Waals surface area contributed by atoms with Crippen molar-refractivity contribution in [2.24, 2.45) is 0 Å². The molecule has 27 heavy (non-hydrogen) atoms. The van der Waals surface area contributed by atoms with Crippen LogP contribution in [-0.2, 0) is 12.3 Å². The molecule has 4 nitrogen and oxygen atoms in total. The van der Waals surface area contributed by atoms with E-state index < -0.39 is 11.9 Å². The molecule has 1 heterocycles. The van der Waals surface area contributed by atoms with Crippen LogP contribution in [0.15, 0.2) is 47.6 Å². The maximum atomic E-state index is 13.8. The lowest BCUT2D eigenvalue weighted by Crippen LogP contribution is -2.12. The number of nitrogens with zero attached hydrogens (tertiary/aromatic N) is 3. The van der Waals surface area contributed by atoms with E-state index in [-0.39, 0.29) is 10.8 Å². The molecule has 0 aliphatic carbocycles. The number of rotatable bonds is 7. The molecule has 1 atom stereocenters. The predicted octanol–water partition coefficient (Wildman–Crippen LogP) is 5.66. The van der Waals surface area contributed by atoms with Gasteiger partial charge < -0.3 is 9.30 Å². The molecule has 0 spiro atoms. The summed E-state index contributed by atoms with van der Waals surface area (Å²) in [6.07, 6.45) is -0.441. The molecule has 1 aromatic heterocycles. The molecular weight excluding hydrogens is 392 g/mol. The molecule has 3 rings (SSSR count). The Hall–Kier alpha value is -2.12. The molecule has 1 unspecified atom stereocenters. The SMILES string of the molecule is CCn1c(SCc2ccccc2F)nnc1C(C)Oc1ccc(F)cc1Cl. The minimum atomic E-state index is -0.441. The molecule has 0 fully saturated rings. The van der Waals surface area contributed by atoms with Crippen molar-refractivity contribution in [3.05, 3.63) is 70.5 Å². The van der Waals surface area contributed by atoms with Crippen molar-refractivity contribution in [2.45, 2.75) is 37.4 Å². The first-order valence-electron chi connectivity index (χ1n) is 8.40. The average molecular weight is 410 g/mol. The molecule has 0 saturated heterocycles. The fraction of sp³-hybridized carbons (Fsp3) is 0.263. The van der Waals surface area contributed by atoms with E-state index in [9.17, 15) is 8.78 Å². The highest BCUT2D eigenvalue weighted by Gasteiger charge is 2.20. The summed E-state index contributed by atoms with van der Waals surface area (Å²) in [7, 11) is 0. The van der Waals surface area contributed by atoms with E-state index in [4.69, 9.17) is 16.3 Å². The monoisotopic (exact) mass is 409 g/mol. The van der Waals surface area contributed by atoms with Gasteiger partial charge in [0.05, 0.1) is 5.02 Å². The normalized spacial score (nSPS) is 12.2. The highest BCUT2D eigenvalue weighted by Crippen LogP contribution is 2.31. The van der Waals surface area contributed by atoms with Gasteiger partial charge in [-0.3, -0.25) is 0 Å². The Morgan fingerprint density at radius 2 is 1.96 bits per heavy atom. The molecule has 0 aliphatic rings. The van der Waals surface area contributed by atoms with E-state index in [1.807, 2.05) is 18.4 Å².